The molecule has 0 spiro atoms. The Kier molecular flexibility index (Phi) is 3.90. The quantitative estimate of drug-likeness (QED) is 0.796. The van der Waals surface area contributed by atoms with Crippen LogP contribution in [0.1, 0.15) is 18.4 Å². The third-order valence-corrected chi connectivity index (χ3v) is 3.67. The standard InChI is InChI=1S/C15H21N2O/c1-12-6-4-5-7-14(12)17-10-8-13(9-11-17)15(18)16(2)3/h5-7,13H,8-11H2,1-3H3. The van der Waals surface area contributed by atoms with Crippen molar-refractivity contribution in [3.63, 3.8) is 0 Å². The van der Waals surface area contributed by atoms with Gasteiger partial charge in [-0.2, -0.15) is 0 Å². The van der Waals surface area contributed by atoms with Crippen molar-refractivity contribution in [3.8, 4) is 0 Å². The number of anilines is 1. The van der Waals surface area contributed by atoms with Crippen molar-refractivity contribution in [2.24, 2.45) is 5.92 Å². The lowest BCUT2D eigenvalue weighted by molar-refractivity contribution is -0.133. The molecule has 1 aromatic rings. The van der Waals surface area contributed by atoms with Crippen LogP contribution in [-0.2, 0) is 4.79 Å². The molecule has 1 aliphatic rings. The monoisotopic (exact) mass is 245 g/mol. The summed E-state index contributed by atoms with van der Waals surface area (Å²) in [5.74, 6) is 0.472. The molecule has 1 saturated heterocycles. The summed E-state index contributed by atoms with van der Waals surface area (Å²) in [6, 6.07) is 9.19. The number of carbonyl (C=O) groups excluding carboxylic acids is 1. The van der Waals surface area contributed by atoms with Gasteiger partial charge in [0.15, 0.2) is 0 Å². The molecule has 0 bridgehead atoms. The predicted octanol–water partition coefficient (Wildman–Crippen LogP) is 2.10. The molecule has 1 heterocycles. The highest BCUT2D eigenvalue weighted by molar-refractivity contribution is 5.78. The van der Waals surface area contributed by atoms with E-state index in [9.17, 15) is 4.79 Å². The van der Waals surface area contributed by atoms with Crippen LogP contribution in [0.25, 0.3) is 0 Å². The van der Waals surface area contributed by atoms with E-state index in [1.807, 2.05) is 26.2 Å². The Morgan fingerprint density at radius 2 is 2.06 bits per heavy atom. The Morgan fingerprint density at radius 1 is 1.39 bits per heavy atom. The van der Waals surface area contributed by atoms with Crippen LogP contribution >= 0.6 is 0 Å². The molecule has 18 heavy (non-hydrogen) atoms. The lowest BCUT2D eigenvalue weighted by atomic mass is 9.95. The van der Waals surface area contributed by atoms with Gasteiger partial charge in [-0.05, 0) is 43.5 Å². The summed E-state index contributed by atoms with van der Waals surface area (Å²) in [4.78, 5) is 16.0. The first kappa shape index (κ1) is 12.9. The van der Waals surface area contributed by atoms with E-state index in [-0.39, 0.29) is 11.8 Å². The minimum absolute atomic E-state index is 0.201. The van der Waals surface area contributed by atoms with Gasteiger partial charge in [-0.25, -0.2) is 0 Å². The maximum atomic E-state index is 11.9. The van der Waals surface area contributed by atoms with Gasteiger partial charge in [0.05, 0.1) is 0 Å². The third kappa shape index (κ3) is 2.66. The highest BCUT2D eigenvalue weighted by Gasteiger charge is 2.26. The van der Waals surface area contributed by atoms with Gasteiger partial charge in [0.1, 0.15) is 0 Å². The van der Waals surface area contributed by atoms with Crippen molar-refractivity contribution < 1.29 is 4.79 Å². The van der Waals surface area contributed by atoms with Crippen molar-refractivity contribution in [2.75, 3.05) is 32.1 Å². The lowest BCUT2D eigenvalue weighted by Crippen LogP contribution is -2.40. The van der Waals surface area contributed by atoms with Crippen molar-refractivity contribution >= 4 is 11.6 Å². The molecule has 1 aliphatic heterocycles. The van der Waals surface area contributed by atoms with E-state index in [0.29, 0.717) is 0 Å². The minimum atomic E-state index is 0.201. The lowest BCUT2D eigenvalue weighted by Gasteiger charge is -2.34. The van der Waals surface area contributed by atoms with E-state index >= 15 is 0 Å². The van der Waals surface area contributed by atoms with Crippen LogP contribution in [0.5, 0.6) is 0 Å². The smallest absolute Gasteiger partial charge is 0.225 e. The summed E-state index contributed by atoms with van der Waals surface area (Å²) in [5, 5.41) is 0. The molecule has 0 aromatic heterocycles. The van der Waals surface area contributed by atoms with Crippen LogP contribution in [0.15, 0.2) is 18.2 Å². The fourth-order valence-corrected chi connectivity index (χ4v) is 2.59. The zero-order valence-electron chi connectivity index (χ0n) is 11.4. The van der Waals surface area contributed by atoms with Crippen molar-refractivity contribution in [1.82, 2.24) is 4.90 Å². The molecule has 3 nitrogen and oxygen atoms in total. The van der Waals surface area contributed by atoms with Crippen LogP contribution < -0.4 is 4.90 Å². The summed E-state index contributed by atoms with van der Waals surface area (Å²) < 4.78 is 0. The van der Waals surface area contributed by atoms with Crippen LogP contribution in [0.2, 0.25) is 0 Å². The van der Waals surface area contributed by atoms with Crippen LogP contribution in [0.3, 0.4) is 0 Å². The average Bonchev–Trinajstić information content (AvgIpc) is 2.38. The Balaban J connectivity index is 1.99. The number of rotatable bonds is 2. The average molecular weight is 245 g/mol. The van der Waals surface area contributed by atoms with E-state index in [0.717, 1.165) is 25.9 Å². The molecule has 1 amide bonds. The zero-order valence-corrected chi connectivity index (χ0v) is 11.4. The summed E-state index contributed by atoms with van der Waals surface area (Å²) in [7, 11) is 3.68. The molecular weight excluding hydrogens is 224 g/mol. The number of aryl methyl sites for hydroxylation is 1. The van der Waals surface area contributed by atoms with Gasteiger partial charge < -0.3 is 9.80 Å². The van der Waals surface area contributed by atoms with Gasteiger partial charge in [0.2, 0.25) is 5.91 Å². The normalized spacial score (nSPS) is 16.7. The van der Waals surface area contributed by atoms with Crippen molar-refractivity contribution in [1.29, 1.82) is 0 Å². The molecule has 3 heteroatoms. The number of hydrogen-bond donors (Lipinski definition) is 0. The summed E-state index contributed by atoms with van der Waals surface area (Å²) in [5.41, 5.74) is 2.54. The first-order chi connectivity index (χ1) is 8.59. The number of amides is 1. The van der Waals surface area contributed by atoms with E-state index in [1.165, 1.54) is 11.3 Å². The first-order valence-corrected chi connectivity index (χ1v) is 6.52. The molecule has 1 aromatic carbocycles. The molecule has 97 valence electrons. The maximum absolute atomic E-state index is 11.9. The predicted molar refractivity (Wildman–Crippen MR) is 73.6 cm³/mol. The van der Waals surface area contributed by atoms with Crippen molar-refractivity contribution in [2.45, 2.75) is 19.8 Å². The summed E-state index contributed by atoms with van der Waals surface area (Å²) in [6.45, 7) is 4.05. The minimum Gasteiger partial charge on any atom is -0.371 e. The number of piperidine rings is 1. The molecule has 2 rings (SSSR count). The van der Waals surface area contributed by atoms with E-state index in [1.54, 1.807) is 4.90 Å². The Bertz CT molecular complexity index is 420. The second-order valence-corrected chi connectivity index (χ2v) is 5.21. The molecule has 0 unspecified atom stereocenters. The fourth-order valence-electron chi connectivity index (χ4n) is 2.59. The van der Waals surface area contributed by atoms with Crippen molar-refractivity contribution in [3.05, 3.63) is 29.8 Å². The Labute approximate surface area is 109 Å². The van der Waals surface area contributed by atoms with Gasteiger partial charge in [0.25, 0.3) is 0 Å². The number of carbonyl (C=O) groups is 1. The van der Waals surface area contributed by atoms with E-state index < -0.39 is 0 Å². The summed E-state index contributed by atoms with van der Waals surface area (Å²) >= 11 is 0. The molecule has 0 atom stereocenters. The largest absolute Gasteiger partial charge is 0.371 e. The highest BCUT2D eigenvalue weighted by atomic mass is 16.2. The number of benzene rings is 1. The molecular formula is C15H21N2O. The molecule has 0 saturated carbocycles. The summed E-state index contributed by atoms with van der Waals surface area (Å²) in [6.07, 6.45) is 1.91. The number of hydrogen-bond acceptors (Lipinski definition) is 2. The van der Waals surface area contributed by atoms with Gasteiger partial charge in [0, 0.05) is 38.8 Å². The fraction of sp³-hybridized carbons (Fsp3) is 0.533. The Hall–Kier alpha value is -1.51. The molecule has 1 fully saturated rings. The highest BCUT2D eigenvalue weighted by Crippen LogP contribution is 2.26. The van der Waals surface area contributed by atoms with Gasteiger partial charge in [-0.1, -0.05) is 6.07 Å². The molecule has 1 radical (unpaired) electrons. The topological polar surface area (TPSA) is 23.6 Å². The maximum Gasteiger partial charge on any atom is 0.225 e. The van der Waals surface area contributed by atoms with Crippen LogP contribution in [0, 0.1) is 18.9 Å². The second kappa shape index (κ2) is 5.42. The third-order valence-electron chi connectivity index (χ3n) is 3.67. The van der Waals surface area contributed by atoms with Gasteiger partial charge >= 0.3 is 0 Å². The molecule has 0 aliphatic carbocycles. The molecule has 0 N–H and O–H groups in total. The second-order valence-electron chi connectivity index (χ2n) is 5.21. The van der Waals surface area contributed by atoms with Crippen LogP contribution in [0.4, 0.5) is 5.69 Å². The Morgan fingerprint density at radius 3 is 2.61 bits per heavy atom. The van der Waals surface area contributed by atoms with E-state index in [2.05, 4.69) is 24.0 Å². The van der Waals surface area contributed by atoms with Gasteiger partial charge in [-0.3, -0.25) is 4.79 Å². The SMILES string of the molecule is Cc1c[c]ccc1N1CCC(C(=O)N(C)C)CC1. The van der Waals surface area contributed by atoms with Crippen LogP contribution in [-0.4, -0.2) is 38.0 Å². The van der Waals surface area contributed by atoms with Gasteiger partial charge in [-0.15, -0.1) is 0 Å². The first-order valence-electron chi connectivity index (χ1n) is 6.52. The zero-order chi connectivity index (χ0) is 13.1. The van der Waals surface area contributed by atoms with E-state index in [4.69, 9.17) is 0 Å². The number of nitrogens with zero attached hydrogens (tertiary/aromatic N) is 2.